The van der Waals surface area contributed by atoms with Gasteiger partial charge in [0.2, 0.25) is 0 Å². The van der Waals surface area contributed by atoms with Gasteiger partial charge < -0.3 is 15.2 Å². The van der Waals surface area contributed by atoms with Gasteiger partial charge in [-0.3, -0.25) is 0 Å². The zero-order valence-corrected chi connectivity index (χ0v) is 15.2. The Morgan fingerprint density at radius 2 is 2.04 bits per heavy atom. The van der Waals surface area contributed by atoms with E-state index in [1.807, 2.05) is 12.1 Å². The van der Waals surface area contributed by atoms with Crippen LogP contribution in [-0.4, -0.2) is 43.6 Å². The van der Waals surface area contributed by atoms with E-state index in [-0.39, 0.29) is 13.2 Å². The highest BCUT2D eigenvalue weighted by molar-refractivity contribution is 6.30. The molecule has 0 radical (unpaired) electrons. The van der Waals surface area contributed by atoms with Gasteiger partial charge in [0, 0.05) is 11.4 Å². The predicted molar refractivity (Wildman–Crippen MR) is 92.2 cm³/mol. The van der Waals surface area contributed by atoms with Crippen molar-refractivity contribution >= 4 is 17.7 Å². The van der Waals surface area contributed by atoms with Crippen LogP contribution < -0.4 is 5.32 Å². The number of ether oxygens (including phenoxy) is 1. The number of tetrazole rings is 1. The summed E-state index contributed by atoms with van der Waals surface area (Å²) in [6.45, 7) is 5.49. The van der Waals surface area contributed by atoms with E-state index >= 15 is 0 Å². The van der Waals surface area contributed by atoms with Gasteiger partial charge in [-0.2, -0.15) is 4.80 Å². The number of benzene rings is 1. The molecular formula is C16H22ClN5O3. The fourth-order valence-electron chi connectivity index (χ4n) is 2.09. The van der Waals surface area contributed by atoms with E-state index in [0.29, 0.717) is 17.3 Å². The SMILES string of the molecule is CC(C)(C)OC(=O)N[C@@H](Cc1ccc(Cl)cc1)c1nnn(CCO)n1. The molecule has 1 atom stereocenters. The summed E-state index contributed by atoms with van der Waals surface area (Å²) in [5.41, 5.74) is 0.334. The number of nitrogens with one attached hydrogen (secondary N) is 1. The zero-order valence-electron chi connectivity index (χ0n) is 14.4. The smallest absolute Gasteiger partial charge is 0.408 e. The van der Waals surface area contributed by atoms with Crippen LogP contribution in [0.15, 0.2) is 24.3 Å². The monoisotopic (exact) mass is 367 g/mol. The molecule has 1 aromatic heterocycles. The molecule has 1 aromatic carbocycles. The van der Waals surface area contributed by atoms with E-state index in [2.05, 4.69) is 20.7 Å². The number of alkyl carbamates (subject to hydrolysis) is 1. The van der Waals surface area contributed by atoms with Crippen molar-refractivity contribution < 1.29 is 14.6 Å². The third kappa shape index (κ3) is 6.32. The van der Waals surface area contributed by atoms with Crippen LogP contribution in [0.4, 0.5) is 4.79 Å². The molecule has 0 spiro atoms. The van der Waals surface area contributed by atoms with Gasteiger partial charge in [-0.25, -0.2) is 4.79 Å². The highest BCUT2D eigenvalue weighted by Gasteiger charge is 2.24. The molecular weight excluding hydrogens is 346 g/mol. The lowest BCUT2D eigenvalue weighted by atomic mass is 10.1. The van der Waals surface area contributed by atoms with Crippen molar-refractivity contribution in [2.75, 3.05) is 6.61 Å². The molecule has 0 saturated carbocycles. The fraction of sp³-hybridized carbons (Fsp3) is 0.500. The molecule has 2 N–H and O–H groups in total. The van der Waals surface area contributed by atoms with Gasteiger partial charge in [-0.1, -0.05) is 23.7 Å². The van der Waals surface area contributed by atoms with Crippen molar-refractivity contribution in [3.63, 3.8) is 0 Å². The van der Waals surface area contributed by atoms with Gasteiger partial charge in [0.25, 0.3) is 0 Å². The van der Waals surface area contributed by atoms with Gasteiger partial charge in [-0.15, -0.1) is 10.2 Å². The Labute approximate surface area is 151 Å². The Hall–Kier alpha value is -2.19. The van der Waals surface area contributed by atoms with Crippen LogP contribution in [0.5, 0.6) is 0 Å². The van der Waals surface area contributed by atoms with Crippen LogP contribution in [-0.2, 0) is 17.7 Å². The van der Waals surface area contributed by atoms with E-state index in [0.717, 1.165) is 5.56 Å². The third-order valence-corrected chi connectivity index (χ3v) is 3.38. The van der Waals surface area contributed by atoms with Crippen LogP contribution >= 0.6 is 11.6 Å². The lowest BCUT2D eigenvalue weighted by Crippen LogP contribution is -2.36. The van der Waals surface area contributed by atoms with E-state index in [9.17, 15) is 4.79 Å². The molecule has 0 aliphatic carbocycles. The maximum atomic E-state index is 12.1. The number of halogens is 1. The lowest BCUT2D eigenvalue weighted by Gasteiger charge is -2.22. The molecule has 25 heavy (non-hydrogen) atoms. The van der Waals surface area contributed by atoms with Crippen LogP contribution in [0.1, 0.15) is 38.2 Å². The third-order valence-electron chi connectivity index (χ3n) is 3.12. The first-order chi connectivity index (χ1) is 11.8. The number of nitrogens with zero attached hydrogens (tertiary/aromatic N) is 4. The van der Waals surface area contributed by atoms with Gasteiger partial charge in [0.1, 0.15) is 11.6 Å². The van der Waals surface area contributed by atoms with Crippen molar-refractivity contribution in [2.24, 2.45) is 0 Å². The van der Waals surface area contributed by atoms with E-state index < -0.39 is 17.7 Å². The number of hydrogen-bond acceptors (Lipinski definition) is 6. The summed E-state index contributed by atoms with van der Waals surface area (Å²) in [5.74, 6) is 0.342. The molecule has 2 rings (SSSR count). The second kappa shape index (κ2) is 8.26. The summed E-state index contributed by atoms with van der Waals surface area (Å²) in [7, 11) is 0. The first-order valence-corrected chi connectivity index (χ1v) is 8.27. The highest BCUT2D eigenvalue weighted by atomic mass is 35.5. The van der Waals surface area contributed by atoms with Crippen LogP contribution in [0.2, 0.25) is 5.02 Å². The summed E-state index contributed by atoms with van der Waals surface area (Å²) < 4.78 is 5.31. The van der Waals surface area contributed by atoms with Crippen molar-refractivity contribution in [3.8, 4) is 0 Å². The van der Waals surface area contributed by atoms with E-state index in [1.165, 1.54) is 4.80 Å². The first-order valence-electron chi connectivity index (χ1n) is 7.89. The molecule has 0 bridgehead atoms. The Morgan fingerprint density at radius 1 is 1.36 bits per heavy atom. The Bertz CT molecular complexity index is 697. The molecule has 1 heterocycles. The summed E-state index contributed by atoms with van der Waals surface area (Å²) in [4.78, 5) is 13.4. The average molecular weight is 368 g/mol. The van der Waals surface area contributed by atoms with Gasteiger partial charge >= 0.3 is 6.09 Å². The molecule has 8 nitrogen and oxygen atoms in total. The summed E-state index contributed by atoms with van der Waals surface area (Å²) >= 11 is 5.91. The molecule has 0 fully saturated rings. The first kappa shape index (κ1) is 19.1. The number of carbonyl (C=O) groups is 1. The standard InChI is InChI=1S/C16H22ClN5O3/c1-16(2,3)25-15(24)18-13(10-11-4-6-12(17)7-5-11)14-19-21-22(20-14)8-9-23/h4-7,13,23H,8-10H2,1-3H3,(H,18,24)/t13-/m0/s1. The molecule has 9 heteroatoms. The number of amides is 1. The Kier molecular flexibility index (Phi) is 6.33. The zero-order chi connectivity index (χ0) is 18.4. The number of hydrogen-bond donors (Lipinski definition) is 2. The normalized spacial score (nSPS) is 12.7. The number of rotatable bonds is 6. The molecule has 0 unspecified atom stereocenters. The van der Waals surface area contributed by atoms with Crippen LogP contribution in [0, 0.1) is 0 Å². The molecule has 0 saturated heterocycles. The predicted octanol–water partition coefficient (Wildman–Crippen LogP) is 2.13. The summed E-state index contributed by atoms with van der Waals surface area (Å²) in [6, 6.07) is 6.76. The Morgan fingerprint density at radius 3 is 2.64 bits per heavy atom. The fourth-order valence-corrected chi connectivity index (χ4v) is 2.22. The van der Waals surface area contributed by atoms with Crippen molar-refractivity contribution in [1.29, 1.82) is 0 Å². The van der Waals surface area contributed by atoms with Crippen molar-refractivity contribution in [2.45, 2.75) is 45.4 Å². The molecule has 0 aliphatic heterocycles. The lowest BCUT2D eigenvalue weighted by molar-refractivity contribution is 0.0501. The minimum atomic E-state index is -0.614. The van der Waals surface area contributed by atoms with E-state index in [1.54, 1.807) is 32.9 Å². The van der Waals surface area contributed by atoms with E-state index in [4.69, 9.17) is 21.4 Å². The molecule has 2 aromatic rings. The maximum absolute atomic E-state index is 12.1. The molecule has 1 amide bonds. The number of aliphatic hydroxyl groups is 1. The minimum absolute atomic E-state index is 0.100. The van der Waals surface area contributed by atoms with Gasteiger partial charge in [0.15, 0.2) is 5.82 Å². The van der Waals surface area contributed by atoms with Crippen LogP contribution in [0.3, 0.4) is 0 Å². The average Bonchev–Trinajstić information content (AvgIpc) is 2.96. The molecule has 136 valence electrons. The largest absolute Gasteiger partial charge is 0.444 e. The second-order valence-electron chi connectivity index (χ2n) is 6.50. The minimum Gasteiger partial charge on any atom is -0.444 e. The maximum Gasteiger partial charge on any atom is 0.408 e. The van der Waals surface area contributed by atoms with Crippen LogP contribution in [0.25, 0.3) is 0 Å². The number of aromatic nitrogens is 4. The summed E-state index contributed by atoms with van der Waals surface area (Å²) in [6.07, 6.45) is -0.119. The highest BCUT2D eigenvalue weighted by Crippen LogP contribution is 2.18. The second-order valence-corrected chi connectivity index (χ2v) is 6.93. The molecule has 0 aliphatic rings. The number of carbonyl (C=O) groups excluding carboxylic acids is 1. The topological polar surface area (TPSA) is 102 Å². The quantitative estimate of drug-likeness (QED) is 0.810. The Balaban J connectivity index is 2.17. The van der Waals surface area contributed by atoms with Gasteiger partial charge in [-0.05, 0) is 43.7 Å². The number of aliphatic hydroxyl groups excluding tert-OH is 1. The van der Waals surface area contributed by atoms with Crippen molar-refractivity contribution in [3.05, 3.63) is 40.7 Å². The van der Waals surface area contributed by atoms with Crippen molar-refractivity contribution in [1.82, 2.24) is 25.5 Å². The van der Waals surface area contributed by atoms with Gasteiger partial charge in [0.05, 0.1) is 13.2 Å². The summed E-state index contributed by atoms with van der Waals surface area (Å²) in [5, 5.41) is 24.4.